The minimum absolute atomic E-state index is 0.216. The van der Waals surface area contributed by atoms with Crippen LogP contribution < -0.4 is 32.2 Å². The number of hydrogen-bond acceptors (Lipinski definition) is 12. The molecule has 4 heterocycles. The van der Waals surface area contributed by atoms with Crippen LogP contribution in [0.5, 0.6) is 5.75 Å². The van der Waals surface area contributed by atoms with Crippen LogP contribution in [0.2, 0.25) is 0 Å². The Labute approximate surface area is 255 Å². The van der Waals surface area contributed by atoms with E-state index >= 15 is 0 Å². The lowest BCUT2D eigenvalue weighted by Gasteiger charge is -2.42. The number of para-hydroxylation sites is 1. The number of H-pyrrole nitrogens is 2. The average molecular weight is 605 g/mol. The topological polar surface area (TPSA) is 190 Å². The number of ketones is 1. The fourth-order valence-corrected chi connectivity index (χ4v) is 5.28. The maximum atomic E-state index is 13.6. The van der Waals surface area contributed by atoms with Crippen molar-refractivity contribution >= 4 is 28.3 Å². The molecule has 15 heteroatoms. The molecule has 1 aliphatic rings. The second-order valence-corrected chi connectivity index (χ2v) is 10.8. The van der Waals surface area contributed by atoms with Crippen LogP contribution in [0.25, 0.3) is 22.3 Å². The van der Waals surface area contributed by atoms with Crippen molar-refractivity contribution in [2.75, 3.05) is 65.5 Å². The number of benzene rings is 1. The van der Waals surface area contributed by atoms with Crippen LogP contribution in [0.3, 0.4) is 0 Å². The second kappa shape index (κ2) is 13.9. The van der Waals surface area contributed by atoms with Crippen molar-refractivity contribution in [3.05, 3.63) is 60.0 Å². The number of nitrogens with zero attached hydrogens (tertiary/aromatic N) is 6. The number of rotatable bonds is 13. The third-order valence-corrected chi connectivity index (χ3v) is 7.67. The van der Waals surface area contributed by atoms with Gasteiger partial charge in [-0.25, -0.2) is 16.3 Å². The summed E-state index contributed by atoms with van der Waals surface area (Å²) in [6, 6.07) is 11.4. The number of likely N-dealkylation sites (N-methyl/N-ethyl adjacent to an activating group) is 1. The summed E-state index contributed by atoms with van der Waals surface area (Å²) in [7, 11) is 5.55. The Bertz CT molecular complexity index is 1560. The SMILES string of the molecule is COc1cnc(-c2cc(CNCCN(C)C)[nH]n2)c2[nH]cc(C(=O)C(=O)N3CCN(C(NN)N(N)c4ccccc4)CC3)c12. The molecule has 1 fully saturated rings. The summed E-state index contributed by atoms with van der Waals surface area (Å²) in [6.07, 6.45) is 2.58. The van der Waals surface area contributed by atoms with E-state index in [2.05, 4.69) is 35.8 Å². The minimum Gasteiger partial charge on any atom is -0.494 e. The van der Waals surface area contributed by atoms with Gasteiger partial charge in [-0.2, -0.15) is 5.10 Å². The number of hydrogen-bond donors (Lipinski definition) is 6. The van der Waals surface area contributed by atoms with Crippen molar-refractivity contribution in [3.8, 4) is 17.1 Å². The van der Waals surface area contributed by atoms with Crippen LogP contribution >= 0.6 is 0 Å². The van der Waals surface area contributed by atoms with Crippen LogP contribution in [0.15, 0.2) is 48.8 Å². The maximum absolute atomic E-state index is 13.6. The summed E-state index contributed by atoms with van der Waals surface area (Å²) in [5, 5.41) is 12.9. The molecule has 0 spiro atoms. The number of hydrazine groups is 2. The van der Waals surface area contributed by atoms with E-state index in [9.17, 15) is 9.59 Å². The molecule has 4 aromatic rings. The van der Waals surface area contributed by atoms with Gasteiger partial charge in [-0.1, -0.05) is 18.2 Å². The number of carbonyl (C=O) groups is 2. The van der Waals surface area contributed by atoms with Gasteiger partial charge in [0, 0.05) is 57.7 Å². The predicted octanol–water partition coefficient (Wildman–Crippen LogP) is 0.0669. The molecule has 0 aliphatic carbocycles. The minimum atomic E-state index is -0.633. The molecule has 0 saturated carbocycles. The Morgan fingerprint density at radius 2 is 1.91 bits per heavy atom. The van der Waals surface area contributed by atoms with E-state index in [-0.39, 0.29) is 5.56 Å². The zero-order valence-corrected chi connectivity index (χ0v) is 25.2. The number of ether oxygens (including phenoxy) is 1. The monoisotopic (exact) mass is 604 g/mol. The fourth-order valence-electron chi connectivity index (χ4n) is 5.28. The highest BCUT2D eigenvalue weighted by Crippen LogP contribution is 2.34. The molecule has 1 aromatic carbocycles. The number of nitrogens with two attached hydrogens (primary N) is 2. The number of aromatic nitrogens is 4. The van der Waals surface area contributed by atoms with Gasteiger partial charge in [0.15, 0.2) is 6.29 Å². The molecule has 1 amide bonds. The van der Waals surface area contributed by atoms with E-state index in [1.807, 2.05) is 55.4 Å². The molecular formula is C29H40N12O3. The second-order valence-electron chi connectivity index (χ2n) is 10.8. The van der Waals surface area contributed by atoms with Crippen molar-refractivity contribution in [2.24, 2.45) is 11.7 Å². The van der Waals surface area contributed by atoms with Gasteiger partial charge in [0.2, 0.25) is 0 Å². The van der Waals surface area contributed by atoms with Gasteiger partial charge in [-0.05, 0) is 32.3 Å². The molecule has 0 radical (unpaired) electrons. The highest BCUT2D eigenvalue weighted by Gasteiger charge is 2.33. The summed E-state index contributed by atoms with van der Waals surface area (Å²) >= 11 is 0. The molecule has 234 valence electrons. The summed E-state index contributed by atoms with van der Waals surface area (Å²) in [5.41, 5.74) is 6.36. The molecule has 5 rings (SSSR count). The summed E-state index contributed by atoms with van der Waals surface area (Å²) in [5.74, 6) is 11.3. The lowest BCUT2D eigenvalue weighted by atomic mass is 10.1. The average Bonchev–Trinajstić information content (AvgIpc) is 3.71. The van der Waals surface area contributed by atoms with E-state index in [0.717, 1.165) is 24.5 Å². The van der Waals surface area contributed by atoms with Gasteiger partial charge in [-0.15, -0.1) is 0 Å². The maximum Gasteiger partial charge on any atom is 0.295 e. The number of fused-ring (bicyclic) bond motifs is 1. The summed E-state index contributed by atoms with van der Waals surface area (Å²) < 4.78 is 5.55. The normalized spacial score (nSPS) is 14.7. The standard InChI is InChI=1S/C29H40N12O3/c1-38(2)10-9-32-16-19-15-22(37-36-19)25-26-24(23(44-3)18-34-25)21(17-33-26)27(42)28(43)39-11-13-40(14-12-39)29(35-30)41(31)20-7-5-4-6-8-20/h4-8,15,17-18,29,32-33,35H,9-14,16,30-31H2,1-3H3,(H,36,37). The molecule has 1 aliphatic heterocycles. The Hall–Kier alpha value is -4.38. The molecule has 1 unspecified atom stereocenters. The lowest BCUT2D eigenvalue weighted by Crippen LogP contribution is -2.65. The number of methoxy groups -OCH3 is 1. The number of pyridine rings is 1. The van der Waals surface area contributed by atoms with E-state index in [1.165, 1.54) is 18.3 Å². The molecule has 1 atom stereocenters. The first-order valence-electron chi connectivity index (χ1n) is 14.4. The van der Waals surface area contributed by atoms with Crippen LogP contribution in [0.1, 0.15) is 16.1 Å². The van der Waals surface area contributed by atoms with Gasteiger partial charge in [0.25, 0.3) is 11.7 Å². The van der Waals surface area contributed by atoms with E-state index < -0.39 is 18.0 Å². The Morgan fingerprint density at radius 1 is 1.16 bits per heavy atom. The highest BCUT2D eigenvalue weighted by molar-refractivity contribution is 6.45. The van der Waals surface area contributed by atoms with E-state index in [4.69, 9.17) is 16.4 Å². The molecular weight excluding hydrogens is 564 g/mol. The largest absolute Gasteiger partial charge is 0.494 e. The summed E-state index contributed by atoms with van der Waals surface area (Å²) in [4.78, 5) is 40.4. The molecule has 15 nitrogen and oxygen atoms in total. The van der Waals surface area contributed by atoms with Crippen molar-refractivity contribution < 1.29 is 14.3 Å². The molecule has 3 aromatic heterocycles. The molecule has 44 heavy (non-hydrogen) atoms. The van der Waals surface area contributed by atoms with Crippen molar-refractivity contribution in [3.63, 3.8) is 0 Å². The Morgan fingerprint density at radius 3 is 2.59 bits per heavy atom. The number of Topliss-reactive ketones (excluding diaryl/α,β-unsaturated/α-hetero) is 1. The highest BCUT2D eigenvalue weighted by atomic mass is 16.5. The quantitative estimate of drug-likeness (QED) is 0.0301. The van der Waals surface area contributed by atoms with Crippen LogP contribution in [-0.4, -0.2) is 113 Å². The van der Waals surface area contributed by atoms with Gasteiger partial charge in [-0.3, -0.25) is 30.4 Å². The summed E-state index contributed by atoms with van der Waals surface area (Å²) in [6.45, 7) is 3.96. The van der Waals surface area contributed by atoms with Crippen molar-refractivity contribution in [1.29, 1.82) is 0 Å². The Kier molecular flexibility index (Phi) is 9.84. The molecule has 1 saturated heterocycles. The van der Waals surface area contributed by atoms with E-state index in [0.29, 0.717) is 60.8 Å². The van der Waals surface area contributed by atoms with Crippen molar-refractivity contribution in [2.45, 2.75) is 12.8 Å². The van der Waals surface area contributed by atoms with Crippen molar-refractivity contribution in [1.82, 2.24) is 45.6 Å². The van der Waals surface area contributed by atoms with Gasteiger partial charge in [0.05, 0.1) is 35.5 Å². The zero-order valence-electron chi connectivity index (χ0n) is 25.2. The van der Waals surface area contributed by atoms with Crippen LogP contribution in [0.4, 0.5) is 5.69 Å². The first-order valence-corrected chi connectivity index (χ1v) is 14.4. The van der Waals surface area contributed by atoms with E-state index in [1.54, 1.807) is 11.1 Å². The van der Waals surface area contributed by atoms with Gasteiger partial charge >= 0.3 is 0 Å². The number of carbonyl (C=O) groups excluding carboxylic acids is 2. The molecule has 0 bridgehead atoms. The van der Waals surface area contributed by atoms with Crippen LogP contribution in [0, 0.1) is 0 Å². The number of nitrogens with one attached hydrogen (secondary N) is 4. The number of amides is 1. The lowest BCUT2D eigenvalue weighted by molar-refractivity contribution is -0.128. The smallest absolute Gasteiger partial charge is 0.295 e. The zero-order chi connectivity index (χ0) is 31.2. The Balaban J connectivity index is 1.29. The van der Waals surface area contributed by atoms with Crippen LogP contribution in [-0.2, 0) is 11.3 Å². The number of aromatic amines is 2. The van der Waals surface area contributed by atoms with Gasteiger partial charge < -0.3 is 24.8 Å². The van der Waals surface area contributed by atoms with Gasteiger partial charge in [0.1, 0.15) is 17.1 Å². The number of piperazine rings is 1. The predicted molar refractivity (Wildman–Crippen MR) is 167 cm³/mol. The third-order valence-electron chi connectivity index (χ3n) is 7.67. The first kappa shape index (κ1) is 31.1. The third kappa shape index (κ3) is 6.57. The first-order chi connectivity index (χ1) is 21.3. The number of anilines is 1. The fraction of sp³-hybridized carbons (Fsp3) is 0.379. The molecule has 8 N–H and O–H groups in total.